The summed E-state index contributed by atoms with van der Waals surface area (Å²) in [5.41, 5.74) is 1.48. The Balaban J connectivity index is 2.05. The first-order chi connectivity index (χ1) is 10.7. The van der Waals surface area contributed by atoms with Crippen LogP contribution in [0.3, 0.4) is 0 Å². The van der Waals surface area contributed by atoms with E-state index in [1.165, 1.54) is 6.07 Å². The molecular formula is C16H16FN3O2. The molecule has 0 amide bonds. The number of halogens is 1. The summed E-state index contributed by atoms with van der Waals surface area (Å²) in [6, 6.07) is 10.1. The standard InChI is InChI=1S/C16H16FN3O2/c1-2-22-16(21)14-12-7-5-9-18-15(12)20(19-14)10-11-6-3-4-8-13(11)17/h3-9,16,21H,2,10H2,1H3. The number of aromatic nitrogens is 3. The molecule has 1 atom stereocenters. The lowest BCUT2D eigenvalue weighted by Gasteiger charge is -2.07. The van der Waals surface area contributed by atoms with E-state index in [0.717, 1.165) is 0 Å². The van der Waals surface area contributed by atoms with Gasteiger partial charge in [-0.1, -0.05) is 18.2 Å². The van der Waals surface area contributed by atoms with Gasteiger partial charge >= 0.3 is 0 Å². The summed E-state index contributed by atoms with van der Waals surface area (Å²) in [6.07, 6.45) is 0.511. The van der Waals surface area contributed by atoms with Crippen LogP contribution in [0.5, 0.6) is 0 Å². The summed E-state index contributed by atoms with van der Waals surface area (Å²) in [5, 5.41) is 15.1. The fraction of sp³-hybridized carbons (Fsp3) is 0.250. The zero-order valence-corrected chi connectivity index (χ0v) is 12.1. The normalized spacial score (nSPS) is 12.7. The fourth-order valence-electron chi connectivity index (χ4n) is 2.35. The molecule has 6 heteroatoms. The Morgan fingerprint density at radius 3 is 2.86 bits per heavy atom. The molecular weight excluding hydrogens is 285 g/mol. The van der Waals surface area contributed by atoms with Crippen LogP contribution >= 0.6 is 0 Å². The number of aliphatic hydroxyl groups excluding tert-OH is 1. The minimum absolute atomic E-state index is 0.235. The topological polar surface area (TPSA) is 60.2 Å². The molecule has 2 heterocycles. The minimum Gasteiger partial charge on any atom is -0.363 e. The quantitative estimate of drug-likeness (QED) is 0.736. The number of hydrogen-bond donors (Lipinski definition) is 1. The van der Waals surface area contributed by atoms with Gasteiger partial charge in [0.1, 0.15) is 11.5 Å². The first-order valence-electron chi connectivity index (χ1n) is 7.05. The third-order valence-electron chi connectivity index (χ3n) is 3.37. The molecule has 5 nitrogen and oxygen atoms in total. The number of rotatable bonds is 5. The first-order valence-corrected chi connectivity index (χ1v) is 7.05. The number of aliphatic hydroxyl groups is 1. The summed E-state index contributed by atoms with van der Waals surface area (Å²) in [5.74, 6) is -0.297. The van der Waals surface area contributed by atoms with E-state index in [4.69, 9.17) is 4.74 Å². The molecule has 0 bridgehead atoms. The van der Waals surface area contributed by atoms with Crippen LogP contribution in [-0.2, 0) is 11.3 Å². The van der Waals surface area contributed by atoms with E-state index in [2.05, 4.69) is 10.1 Å². The summed E-state index contributed by atoms with van der Waals surface area (Å²) in [6.45, 7) is 2.39. The van der Waals surface area contributed by atoms with Crippen molar-refractivity contribution >= 4 is 11.0 Å². The molecule has 0 saturated carbocycles. The highest BCUT2D eigenvalue weighted by atomic mass is 19.1. The number of pyridine rings is 1. The average Bonchev–Trinajstić information content (AvgIpc) is 2.89. The van der Waals surface area contributed by atoms with Crippen molar-refractivity contribution in [3.63, 3.8) is 0 Å². The minimum atomic E-state index is -1.13. The maximum absolute atomic E-state index is 13.8. The van der Waals surface area contributed by atoms with E-state index in [1.54, 1.807) is 42.1 Å². The predicted molar refractivity (Wildman–Crippen MR) is 79.6 cm³/mol. The fourth-order valence-corrected chi connectivity index (χ4v) is 2.35. The largest absolute Gasteiger partial charge is 0.363 e. The number of nitrogens with zero attached hydrogens (tertiary/aromatic N) is 3. The molecule has 3 aromatic rings. The van der Waals surface area contributed by atoms with Gasteiger partial charge in [-0.25, -0.2) is 14.1 Å². The Kier molecular flexibility index (Phi) is 4.13. The van der Waals surface area contributed by atoms with E-state index in [9.17, 15) is 9.50 Å². The van der Waals surface area contributed by atoms with Crippen LogP contribution in [0, 0.1) is 5.82 Å². The lowest BCUT2D eigenvalue weighted by molar-refractivity contribution is -0.100. The van der Waals surface area contributed by atoms with Crippen LogP contribution in [0.25, 0.3) is 11.0 Å². The number of fused-ring (bicyclic) bond motifs is 1. The van der Waals surface area contributed by atoms with Gasteiger partial charge < -0.3 is 9.84 Å². The Morgan fingerprint density at radius 2 is 2.09 bits per heavy atom. The van der Waals surface area contributed by atoms with Crippen molar-refractivity contribution in [2.75, 3.05) is 6.61 Å². The van der Waals surface area contributed by atoms with Crippen molar-refractivity contribution in [3.8, 4) is 0 Å². The van der Waals surface area contributed by atoms with E-state index >= 15 is 0 Å². The molecule has 0 saturated heterocycles. The predicted octanol–water partition coefficient (Wildman–Crippen LogP) is 2.65. The van der Waals surface area contributed by atoms with Crippen LogP contribution in [0.2, 0.25) is 0 Å². The van der Waals surface area contributed by atoms with Gasteiger partial charge in [-0.15, -0.1) is 0 Å². The van der Waals surface area contributed by atoms with Crippen LogP contribution in [0.4, 0.5) is 4.39 Å². The van der Waals surface area contributed by atoms with Crippen LogP contribution in [0.15, 0.2) is 42.6 Å². The number of ether oxygens (including phenoxy) is 1. The van der Waals surface area contributed by atoms with Gasteiger partial charge in [0, 0.05) is 23.8 Å². The lowest BCUT2D eigenvalue weighted by Crippen LogP contribution is -2.07. The molecule has 0 aliphatic rings. The second-order valence-corrected chi connectivity index (χ2v) is 4.82. The second-order valence-electron chi connectivity index (χ2n) is 4.82. The molecule has 0 aliphatic heterocycles. The van der Waals surface area contributed by atoms with Gasteiger partial charge in [-0.2, -0.15) is 5.10 Å². The average molecular weight is 301 g/mol. The smallest absolute Gasteiger partial charge is 0.201 e. The zero-order valence-electron chi connectivity index (χ0n) is 12.1. The highest BCUT2D eigenvalue weighted by molar-refractivity contribution is 5.78. The summed E-state index contributed by atoms with van der Waals surface area (Å²) < 4.78 is 20.6. The van der Waals surface area contributed by atoms with Gasteiger partial charge in [-0.05, 0) is 25.1 Å². The molecule has 114 valence electrons. The molecule has 1 aromatic carbocycles. The highest BCUT2D eigenvalue weighted by Crippen LogP contribution is 2.24. The Morgan fingerprint density at radius 1 is 1.27 bits per heavy atom. The summed E-state index contributed by atoms with van der Waals surface area (Å²) in [7, 11) is 0. The molecule has 0 fully saturated rings. The Labute approximate surface area is 127 Å². The van der Waals surface area contributed by atoms with Gasteiger partial charge in [0.15, 0.2) is 5.65 Å². The maximum Gasteiger partial charge on any atom is 0.201 e. The van der Waals surface area contributed by atoms with Crippen molar-refractivity contribution in [2.45, 2.75) is 19.8 Å². The van der Waals surface area contributed by atoms with E-state index < -0.39 is 6.29 Å². The zero-order chi connectivity index (χ0) is 15.5. The highest BCUT2D eigenvalue weighted by Gasteiger charge is 2.19. The second kappa shape index (κ2) is 6.21. The van der Waals surface area contributed by atoms with Crippen molar-refractivity contribution in [3.05, 3.63) is 59.7 Å². The SMILES string of the molecule is CCOC(O)c1nn(Cc2ccccc2F)c2ncccc12. The first kappa shape index (κ1) is 14.6. The third-order valence-corrected chi connectivity index (χ3v) is 3.37. The molecule has 3 rings (SSSR count). The van der Waals surface area contributed by atoms with Gasteiger partial charge in [0.05, 0.1) is 6.54 Å². The van der Waals surface area contributed by atoms with Crippen molar-refractivity contribution in [1.82, 2.24) is 14.8 Å². The van der Waals surface area contributed by atoms with Gasteiger partial charge in [0.2, 0.25) is 6.29 Å². The molecule has 1 unspecified atom stereocenters. The van der Waals surface area contributed by atoms with Crippen LogP contribution < -0.4 is 0 Å². The van der Waals surface area contributed by atoms with Gasteiger partial charge in [0.25, 0.3) is 0 Å². The van der Waals surface area contributed by atoms with Crippen molar-refractivity contribution in [2.24, 2.45) is 0 Å². The lowest BCUT2D eigenvalue weighted by atomic mass is 10.2. The van der Waals surface area contributed by atoms with Crippen LogP contribution in [-0.4, -0.2) is 26.5 Å². The molecule has 2 aromatic heterocycles. The van der Waals surface area contributed by atoms with E-state index in [0.29, 0.717) is 28.9 Å². The maximum atomic E-state index is 13.8. The van der Waals surface area contributed by atoms with Crippen molar-refractivity contribution in [1.29, 1.82) is 0 Å². The van der Waals surface area contributed by atoms with Crippen LogP contribution in [0.1, 0.15) is 24.5 Å². The Bertz CT molecular complexity index is 788. The molecule has 0 spiro atoms. The number of hydrogen-bond acceptors (Lipinski definition) is 4. The van der Waals surface area contributed by atoms with Crippen molar-refractivity contribution < 1.29 is 14.2 Å². The monoisotopic (exact) mass is 301 g/mol. The molecule has 22 heavy (non-hydrogen) atoms. The molecule has 0 radical (unpaired) electrons. The third kappa shape index (κ3) is 2.70. The molecule has 1 N–H and O–H groups in total. The molecule has 0 aliphatic carbocycles. The Hall–Kier alpha value is -2.31. The van der Waals surface area contributed by atoms with E-state index in [-0.39, 0.29) is 12.4 Å². The number of benzene rings is 1. The summed E-state index contributed by atoms with van der Waals surface area (Å²) >= 11 is 0. The van der Waals surface area contributed by atoms with Gasteiger partial charge in [-0.3, -0.25) is 0 Å². The van der Waals surface area contributed by atoms with E-state index in [1.807, 2.05) is 6.07 Å². The summed E-state index contributed by atoms with van der Waals surface area (Å²) in [4.78, 5) is 4.28.